The highest BCUT2D eigenvalue weighted by atomic mass is 16.5. The molecule has 0 saturated heterocycles. The van der Waals surface area contributed by atoms with Gasteiger partial charge in [0.2, 0.25) is 0 Å². The fourth-order valence-electron chi connectivity index (χ4n) is 2.85. The molecule has 0 unspecified atom stereocenters. The highest BCUT2D eigenvalue weighted by Crippen LogP contribution is 2.40. The highest BCUT2D eigenvalue weighted by Gasteiger charge is 2.30. The van der Waals surface area contributed by atoms with Crippen LogP contribution in [-0.4, -0.2) is 11.8 Å². The molecule has 0 saturated carbocycles. The van der Waals surface area contributed by atoms with Gasteiger partial charge in [0.05, 0.1) is 6.54 Å². The van der Waals surface area contributed by atoms with Crippen LogP contribution in [0.1, 0.15) is 43.4 Å². The van der Waals surface area contributed by atoms with Crippen molar-refractivity contribution < 1.29 is 4.74 Å². The molecule has 1 heterocycles. The summed E-state index contributed by atoms with van der Waals surface area (Å²) in [7, 11) is 0. The molecule has 21 heavy (non-hydrogen) atoms. The molecule has 0 fully saturated rings. The Morgan fingerprint density at radius 1 is 1.05 bits per heavy atom. The molecule has 2 aromatic carbocycles. The van der Waals surface area contributed by atoms with Crippen LogP contribution in [0.15, 0.2) is 53.5 Å². The van der Waals surface area contributed by atoms with E-state index in [1.165, 1.54) is 16.7 Å². The number of nitrogens with zero attached hydrogens (tertiary/aromatic N) is 1. The van der Waals surface area contributed by atoms with Crippen molar-refractivity contribution in [2.45, 2.75) is 39.3 Å². The summed E-state index contributed by atoms with van der Waals surface area (Å²) >= 11 is 0. The molecule has 0 bridgehead atoms. The van der Waals surface area contributed by atoms with E-state index in [0.717, 1.165) is 18.0 Å². The average molecular weight is 279 g/mol. The Bertz CT molecular complexity index is 661. The first-order valence-electron chi connectivity index (χ1n) is 7.51. The number of fused-ring (bicyclic) bond motifs is 1. The Morgan fingerprint density at radius 2 is 1.81 bits per heavy atom. The summed E-state index contributed by atoms with van der Waals surface area (Å²) in [6.07, 6.45) is 0.239. The van der Waals surface area contributed by atoms with Gasteiger partial charge >= 0.3 is 0 Å². The van der Waals surface area contributed by atoms with Crippen LogP contribution >= 0.6 is 0 Å². The van der Waals surface area contributed by atoms with Gasteiger partial charge < -0.3 is 4.74 Å². The first kappa shape index (κ1) is 13.9. The third-order valence-electron chi connectivity index (χ3n) is 4.27. The molecule has 2 heteroatoms. The Kier molecular flexibility index (Phi) is 3.78. The van der Waals surface area contributed by atoms with Gasteiger partial charge in [0.15, 0.2) is 0 Å². The average Bonchev–Trinajstić information content (AvgIpc) is 2.81. The van der Waals surface area contributed by atoms with Crippen LogP contribution in [0.3, 0.4) is 0 Å². The number of aliphatic imine (C=N–C) groups is 1. The van der Waals surface area contributed by atoms with Gasteiger partial charge in [0, 0.05) is 22.8 Å². The SMILES string of the molecule is CC(=NCc1ccccc1)c1cccc2c1[C@@H](C)[C@@H](C)O2. The van der Waals surface area contributed by atoms with Crippen LogP contribution in [0.5, 0.6) is 5.75 Å². The molecular formula is C19H21NO. The molecule has 1 aliphatic rings. The third kappa shape index (κ3) is 2.71. The number of ether oxygens (including phenoxy) is 1. The van der Waals surface area contributed by atoms with E-state index in [9.17, 15) is 0 Å². The number of hydrogen-bond acceptors (Lipinski definition) is 2. The molecule has 2 atom stereocenters. The quantitative estimate of drug-likeness (QED) is 0.754. The number of hydrogen-bond donors (Lipinski definition) is 0. The van der Waals surface area contributed by atoms with Gasteiger partial charge in [-0.3, -0.25) is 4.99 Å². The molecule has 0 amide bonds. The summed E-state index contributed by atoms with van der Waals surface area (Å²) in [6, 6.07) is 16.6. The monoisotopic (exact) mass is 279 g/mol. The second-order valence-corrected chi connectivity index (χ2v) is 5.72. The Balaban J connectivity index is 1.89. The topological polar surface area (TPSA) is 21.6 Å². The molecule has 0 radical (unpaired) electrons. The zero-order valence-electron chi connectivity index (χ0n) is 12.8. The van der Waals surface area contributed by atoms with Crippen molar-refractivity contribution >= 4 is 5.71 Å². The first-order valence-corrected chi connectivity index (χ1v) is 7.51. The predicted octanol–water partition coefficient (Wildman–Crippen LogP) is 4.58. The smallest absolute Gasteiger partial charge is 0.124 e. The molecular weight excluding hydrogens is 258 g/mol. The fraction of sp³-hybridized carbons (Fsp3) is 0.316. The maximum Gasteiger partial charge on any atom is 0.124 e. The Morgan fingerprint density at radius 3 is 2.57 bits per heavy atom. The molecule has 0 aliphatic carbocycles. The van der Waals surface area contributed by atoms with E-state index in [-0.39, 0.29) is 6.10 Å². The van der Waals surface area contributed by atoms with Crippen molar-refractivity contribution in [1.29, 1.82) is 0 Å². The molecule has 0 aromatic heterocycles. The lowest BCUT2D eigenvalue weighted by molar-refractivity contribution is 0.232. The van der Waals surface area contributed by atoms with Gasteiger partial charge in [-0.25, -0.2) is 0 Å². The minimum atomic E-state index is 0.239. The van der Waals surface area contributed by atoms with Gasteiger partial charge in [-0.2, -0.15) is 0 Å². The first-order chi connectivity index (χ1) is 10.2. The minimum absolute atomic E-state index is 0.239. The van der Waals surface area contributed by atoms with Crippen LogP contribution in [0.2, 0.25) is 0 Å². The molecule has 2 nitrogen and oxygen atoms in total. The van der Waals surface area contributed by atoms with Crippen LogP contribution in [0.25, 0.3) is 0 Å². The van der Waals surface area contributed by atoms with Gasteiger partial charge in [0.25, 0.3) is 0 Å². The predicted molar refractivity (Wildman–Crippen MR) is 87.3 cm³/mol. The van der Waals surface area contributed by atoms with Crippen molar-refractivity contribution in [3.05, 3.63) is 65.2 Å². The van der Waals surface area contributed by atoms with Crippen molar-refractivity contribution in [2.24, 2.45) is 4.99 Å². The Labute approximate surface area is 126 Å². The molecule has 108 valence electrons. The standard InChI is InChI=1S/C19H21NO/c1-13-15(3)21-18-11-7-10-17(19(13)18)14(2)20-12-16-8-5-4-6-9-16/h4-11,13,15H,12H2,1-3H3/t13-,15+/m0/s1. The molecule has 1 aliphatic heterocycles. The molecule has 0 spiro atoms. The van der Waals surface area contributed by atoms with Gasteiger partial charge in [-0.15, -0.1) is 0 Å². The molecule has 3 rings (SSSR count). The van der Waals surface area contributed by atoms with E-state index >= 15 is 0 Å². The number of benzene rings is 2. The third-order valence-corrected chi connectivity index (χ3v) is 4.27. The molecule has 0 N–H and O–H groups in total. The fourth-order valence-corrected chi connectivity index (χ4v) is 2.85. The van der Waals surface area contributed by atoms with Crippen molar-refractivity contribution in [2.75, 3.05) is 0 Å². The van der Waals surface area contributed by atoms with Crippen LogP contribution in [-0.2, 0) is 6.54 Å². The zero-order valence-corrected chi connectivity index (χ0v) is 12.8. The largest absolute Gasteiger partial charge is 0.490 e. The highest BCUT2D eigenvalue weighted by molar-refractivity contribution is 6.01. The van der Waals surface area contributed by atoms with Gasteiger partial charge in [-0.1, -0.05) is 49.4 Å². The lowest BCUT2D eigenvalue weighted by Gasteiger charge is -2.11. The van der Waals surface area contributed by atoms with E-state index in [2.05, 4.69) is 63.2 Å². The minimum Gasteiger partial charge on any atom is -0.490 e. The summed E-state index contributed by atoms with van der Waals surface area (Å²) in [6.45, 7) is 7.17. The summed E-state index contributed by atoms with van der Waals surface area (Å²) in [5, 5.41) is 0. The summed E-state index contributed by atoms with van der Waals surface area (Å²) in [4.78, 5) is 4.76. The van der Waals surface area contributed by atoms with E-state index in [0.29, 0.717) is 5.92 Å². The lowest BCUT2D eigenvalue weighted by atomic mass is 9.92. The summed E-state index contributed by atoms with van der Waals surface area (Å²) in [5.41, 5.74) is 4.85. The van der Waals surface area contributed by atoms with E-state index in [4.69, 9.17) is 9.73 Å². The van der Waals surface area contributed by atoms with Crippen LogP contribution in [0, 0.1) is 0 Å². The van der Waals surface area contributed by atoms with E-state index in [1.807, 2.05) is 6.07 Å². The van der Waals surface area contributed by atoms with Gasteiger partial charge in [0.1, 0.15) is 11.9 Å². The summed E-state index contributed by atoms with van der Waals surface area (Å²) < 4.78 is 5.92. The lowest BCUT2D eigenvalue weighted by Crippen LogP contribution is -2.11. The van der Waals surface area contributed by atoms with Gasteiger partial charge in [-0.05, 0) is 25.5 Å². The second-order valence-electron chi connectivity index (χ2n) is 5.72. The van der Waals surface area contributed by atoms with Crippen LogP contribution in [0.4, 0.5) is 0 Å². The van der Waals surface area contributed by atoms with Crippen molar-refractivity contribution in [3.63, 3.8) is 0 Å². The van der Waals surface area contributed by atoms with Crippen molar-refractivity contribution in [3.8, 4) is 5.75 Å². The van der Waals surface area contributed by atoms with E-state index in [1.54, 1.807) is 0 Å². The molecule has 2 aromatic rings. The summed E-state index contributed by atoms with van der Waals surface area (Å²) in [5.74, 6) is 1.43. The Hall–Kier alpha value is -2.09. The second kappa shape index (κ2) is 5.72. The van der Waals surface area contributed by atoms with Crippen LogP contribution < -0.4 is 4.74 Å². The normalized spacial score (nSPS) is 21.0. The maximum atomic E-state index is 5.92. The van der Waals surface area contributed by atoms with Crippen molar-refractivity contribution in [1.82, 2.24) is 0 Å². The maximum absolute atomic E-state index is 5.92. The zero-order chi connectivity index (χ0) is 14.8. The van der Waals surface area contributed by atoms with E-state index < -0.39 is 0 Å². The number of rotatable bonds is 3.